The third-order valence-corrected chi connectivity index (χ3v) is 4.66. The topological polar surface area (TPSA) is 66.9 Å². The Hall–Kier alpha value is -2.92. The minimum absolute atomic E-state index is 0.225. The summed E-state index contributed by atoms with van der Waals surface area (Å²) in [4.78, 5) is 21.0. The van der Waals surface area contributed by atoms with E-state index in [1.807, 2.05) is 49.4 Å². The smallest absolute Gasteiger partial charge is 0.258 e. The van der Waals surface area contributed by atoms with E-state index >= 15 is 0 Å². The molecule has 1 amide bonds. The van der Waals surface area contributed by atoms with Crippen molar-refractivity contribution in [1.29, 1.82) is 0 Å². The van der Waals surface area contributed by atoms with Crippen molar-refractivity contribution in [1.82, 2.24) is 9.97 Å². The average molecular weight is 381 g/mol. The highest BCUT2D eigenvalue weighted by atomic mass is 35.5. The van der Waals surface area contributed by atoms with Crippen LogP contribution >= 0.6 is 11.6 Å². The zero-order valence-electron chi connectivity index (χ0n) is 15.3. The molecule has 0 saturated heterocycles. The number of anilines is 2. The Labute approximate surface area is 163 Å². The number of amides is 1. The Morgan fingerprint density at radius 2 is 1.74 bits per heavy atom. The molecular weight excluding hydrogens is 360 g/mol. The first-order chi connectivity index (χ1) is 13.1. The van der Waals surface area contributed by atoms with Gasteiger partial charge in [-0.3, -0.25) is 4.79 Å². The van der Waals surface area contributed by atoms with Gasteiger partial charge in [0.1, 0.15) is 0 Å². The number of aromatic nitrogens is 2. The maximum absolute atomic E-state index is 12.5. The summed E-state index contributed by atoms with van der Waals surface area (Å²) in [5.41, 5.74) is 4.34. The van der Waals surface area contributed by atoms with Crippen LogP contribution in [0.2, 0.25) is 5.02 Å². The molecule has 3 aromatic rings. The lowest BCUT2D eigenvalue weighted by atomic mass is 10.1. The normalized spacial score (nSPS) is 10.5. The van der Waals surface area contributed by atoms with E-state index in [-0.39, 0.29) is 5.91 Å². The van der Waals surface area contributed by atoms with Crippen LogP contribution in [0, 0.1) is 6.92 Å². The lowest BCUT2D eigenvalue weighted by Crippen LogP contribution is -2.15. The minimum atomic E-state index is -0.225. The van der Waals surface area contributed by atoms with Gasteiger partial charge in [-0.2, -0.15) is 0 Å². The van der Waals surface area contributed by atoms with Crippen LogP contribution in [0.3, 0.4) is 0 Å². The van der Waals surface area contributed by atoms with Gasteiger partial charge in [-0.15, -0.1) is 0 Å². The van der Waals surface area contributed by atoms with E-state index < -0.39 is 0 Å². The van der Waals surface area contributed by atoms with Gasteiger partial charge in [-0.25, -0.2) is 9.97 Å². The van der Waals surface area contributed by atoms with Crippen molar-refractivity contribution in [2.24, 2.45) is 0 Å². The van der Waals surface area contributed by atoms with E-state index in [0.29, 0.717) is 23.1 Å². The van der Waals surface area contributed by atoms with Gasteiger partial charge < -0.3 is 10.6 Å². The fourth-order valence-electron chi connectivity index (χ4n) is 2.74. The van der Waals surface area contributed by atoms with Crippen LogP contribution in [0.15, 0.2) is 54.9 Å². The SMILES string of the molecule is CCc1cccc(C)c1NC(=O)c1cnc(NCc2ccccc2Cl)nc1. The molecule has 138 valence electrons. The summed E-state index contributed by atoms with van der Waals surface area (Å²) < 4.78 is 0. The zero-order valence-corrected chi connectivity index (χ0v) is 16.0. The number of para-hydroxylation sites is 1. The molecule has 0 unspecified atom stereocenters. The standard InChI is InChI=1S/C21H21ClN4O/c1-3-15-9-6-7-14(2)19(15)26-20(27)17-12-24-21(25-13-17)23-11-16-8-4-5-10-18(16)22/h4-10,12-13H,3,11H2,1-2H3,(H,26,27)(H,23,24,25). The van der Waals surface area contributed by atoms with E-state index in [2.05, 4.69) is 27.5 Å². The van der Waals surface area contributed by atoms with Gasteiger partial charge in [0.15, 0.2) is 0 Å². The van der Waals surface area contributed by atoms with Crippen molar-refractivity contribution in [3.63, 3.8) is 0 Å². The molecule has 27 heavy (non-hydrogen) atoms. The predicted molar refractivity (Wildman–Crippen MR) is 109 cm³/mol. The maximum Gasteiger partial charge on any atom is 0.258 e. The highest BCUT2D eigenvalue weighted by Crippen LogP contribution is 2.22. The fourth-order valence-corrected chi connectivity index (χ4v) is 2.94. The molecule has 1 aromatic heterocycles. The van der Waals surface area contributed by atoms with Gasteiger partial charge in [0.05, 0.1) is 5.56 Å². The number of nitrogens with zero attached hydrogens (tertiary/aromatic N) is 2. The molecule has 0 aliphatic heterocycles. The Morgan fingerprint density at radius 3 is 2.44 bits per heavy atom. The average Bonchev–Trinajstić information content (AvgIpc) is 2.69. The van der Waals surface area contributed by atoms with Crippen LogP contribution in [-0.2, 0) is 13.0 Å². The Balaban J connectivity index is 1.67. The van der Waals surface area contributed by atoms with E-state index in [0.717, 1.165) is 28.8 Å². The Morgan fingerprint density at radius 1 is 1.04 bits per heavy atom. The summed E-state index contributed by atoms with van der Waals surface area (Å²) in [7, 11) is 0. The van der Waals surface area contributed by atoms with Crippen LogP contribution in [0.1, 0.15) is 34.0 Å². The second kappa shape index (κ2) is 8.64. The lowest BCUT2D eigenvalue weighted by Gasteiger charge is -2.13. The molecule has 0 saturated carbocycles. The van der Waals surface area contributed by atoms with Gasteiger partial charge in [0.25, 0.3) is 5.91 Å². The molecule has 5 nitrogen and oxygen atoms in total. The first-order valence-electron chi connectivity index (χ1n) is 8.77. The van der Waals surface area contributed by atoms with Gasteiger partial charge in [0, 0.05) is 29.6 Å². The van der Waals surface area contributed by atoms with Crippen LogP contribution < -0.4 is 10.6 Å². The fraction of sp³-hybridized carbons (Fsp3) is 0.190. The third-order valence-electron chi connectivity index (χ3n) is 4.29. The highest BCUT2D eigenvalue weighted by molar-refractivity contribution is 6.31. The van der Waals surface area contributed by atoms with Gasteiger partial charge in [-0.05, 0) is 36.1 Å². The maximum atomic E-state index is 12.5. The van der Waals surface area contributed by atoms with Crippen molar-refractivity contribution in [2.75, 3.05) is 10.6 Å². The molecule has 2 N–H and O–H groups in total. The monoisotopic (exact) mass is 380 g/mol. The molecule has 0 fully saturated rings. The van der Waals surface area contributed by atoms with Crippen LogP contribution in [0.25, 0.3) is 0 Å². The van der Waals surface area contributed by atoms with Crippen molar-refractivity contribution >= 4 is 29.1 Å². The number of carbonyl (C=O) groups excluding carboxylic acids is 1. The highest BCUT2D eigenvalue weighted by Gasteiger charge is 2.12. The molecule has 2 aromatic carbocycles. The molecular formula is C21H21ClN4O. The molecule has 0 aliphatic rings. The van der Waals surface area contributed by atoms with Gasteiger partial charge in [-0.1, -0.05) is 54.9 Å². The van der Waals surface area contributed by atoms with Crippen LogP contribution in [-0.4, -0.2) is 15.9 Å². The summed E-state index contributed by atoms with van der Waals surface area (Å²) in [5, 5.41) is 6.77. The lowest BCUT2D eigenvalue weighted by molar-refractivity contribution is 0.102. The number of hydrogen-bond acceptors (Lipinski definition) is 4. The van der Waals surface area contributed by atoms with Gasteiger partial charge in [0.2, 0.25) is 5.95 Å². The summed E-state index contributed by atoms with van der Waals surface area (Å²) in [6.45, 7) is 4.55. The quantitative estimate of drug-likeness (QED) is 0.640. The summed E-state index contributed by atoms with van der Waals surface area (Å²) in [5.74, 6) is 0.216. The molecule has 0 radical (unpaired) electrons. The third kappa shape index (κ3) is 4.63. The van der Waals surface area contributed by atoms with E-state index in [4.69, 9.17) is 11.6 Å². The van der Waals surface area contributed by atoms with Crippen LogP contribution in [0.4, 0.5) is 11.6 Å². The molecule has 0 bridgehead atoms. The van der Waals surface area contributed by atoms with Gasteiger partial charge >= 0.3 is 0 Å². The molecule has 1 heterocycles. The largest absolute Gasteiger partial charge is 0.350 e. The van der Waals surface area contributed by atoms with Crippen molar-refractivity contribution in [3.8, 4) is 0 Å². The summed E-state index contributed by atoms with van der Waals surface area (Å²) in [6, 6.07) is 13.6. The number of benzene rings is 2. The number of halogens is 1. The number of carbonyl (C=O) groups is 1. The van der Waals surface area contributed by atoms with Crippen LogP contribution in [0.5, 0.6) is 0 Å². The second-order valence-electron chi connectivity index (χ2n) is 6.16. The predicted octanol–water partition coefficient (Wildman–Crippen LogP) is 4.87. The molecule has 0 aliphatic carbocycles. The van der Waals surface area contributed by atoms with Crippen molar-refractivity contribution in [2.45, 2.75) is 26.8 Å². The number of aryl methyl sites for hydroxylation is 2. The Bertz CT molecular complexity index is 941. The summed E-state index contributed by atoms with van der Waals surface area (Å²) >= 11 is 6.14. The first kappa shape index (κ1) is 18.9. The Kier molecular flexibility index (Phi) is 6.04. The first-order valence-corrected chi connectivity index (χ1v) is 9.15. The number of nitrogens with one attached hydrogen (secondary N) is 2. The van der Waals surface area contributed by atoms with E-state index in [1.54, 1.807) is 0 Å². The van der Waals surface area contributed by atoms with E-state index in [9.17, 15) is 4.79 Å². The zero-order chi connectivity index (χ0) is 19.2. The van der Waals surface area contributed by atoms with E-state index in [1.165, 1.54) is 12.4 Å². The number of hydrogen-bond donors (Lipinski definition) is 2. The molecule has 0 atom stereocenters. The number of rotatable bonds is 6. The molecule has 0 spiro atoms. The van der Waals surface area contributed by atoms with Crippen molar-refractivity contribution < 1.29 is 4.79 Å². The minimum Gasteiger partial charge on any atom is -0.350 e. The second-order valence-corrected chi connectivity index (χ2v) is 6.56. The molecule has 3 rings (SSSR count). The summed E-state index contributed by atoms with van der Waals surface area (Å²) in [6.07, 6.45) is 3.88. The molecule has 6 heteroatoms. The van der Waals surface area contributed by atoms with Crippen molar-refractivity contribution in [3.05, 3.63) is 82.1 Å².